The van der Waals surface area contributed by atoms with Crippen molar-refractivity contribution in [2.45, 2.75) is 45.9 Å². The van der Waals surface area contributed by atoms with Gasteiger partial charge < -0.3 is 14.8 Å². The van der Waals surface area contributed by atoms with Crippen LogP contribution in [0.4, 0.5) is 10.3 Å². The van der Waals surface area contributed by atoms with Crippen molar-refractivity contribution in [2.24, 2.45) is 0 Å². The molecular weight excluding hydrogens is 470 g/mol. The van der Waals surface area contributed by atoms with Gasteiger partial charge in [-0.3, -0.25) is 0 Å². The van der Waals surface area contributed by atoms with Crippen molar-refractivity contribution in [2.75, 3.05) is 19.5 Å². The van der Waals surface area contributed by atoms with E-state index < -0.39 is 0 Å². The van der Waals surface area contributed by atoms with Crippen LogP contribution in [0.1, 0.15) is 29.8 Å². The predicted octanol–water partition coefficient (Wildman–Crippen LogP) is 5.38. The minimum Gasteiger partial charge on any atom is -0.497 e. The molecule has 0 aliphatic heterocycles. The number of ether oxygens (including phenoxy) is 2. The number of benzene rings is 2. The lowest BCUT2D eigenvalue weighted by atomic mass is 9.51. The number of aromatic nitrogens is 4. The quantitative estimate of drug-likeness (QED) is 0.218. The first kappa shape index (κ1) is 26.0. The van der Waals surface area contributed by atoms with Crippen molar-refractivity contribution < 1.29 is 13.9 Å². The first-order chi connectivity index (χ1) is 17.9. The normalized spacial score (nSPS) is 10.8. The smallest absolute Gasteiger partial charge is 0.264 e. The van der Waals surface area contributed by atoms with Gasteiger partial charge in [-0.2, -0.15) is 4.52 Å². The number of anilines is 1. The zero-order chi connectivity index (χ0) is 26.4. The van der Waals surface area contributed by atoms with Crippen LogP contribution >= 0.6 is 0 Å². The molecule has 0 atom stereocenters. The number of nitriles is 1. The topological polar surface area (TPSA) is 97.4 Å². The third-order valence-electron chi connectivity index (χ3n) is 6.30. The molecule has 0 unspecified atom stereocenters. The Kier molecular flexibility index (Phi) is 8.23. The number of aryl methyl sites for hydroxylation is 2. The zero-order valence-electron chi connectivity index (χ0n) is 21.6. The van der Waals surface area contributed by atoms with Crippen LogP contribution in [0.5, 0.6) is 11.5 Å². The summed E-state index contributed by atoms with van der Waals surface area (Å²) in [5.74, 6) is 4.53. The van der Waals surface area contributed by atoms with Crippen LogP contribution in [0.2, 0.25) is 13.1 Å². The number of hydrogen-bond acceptors (Lipinski definition) is 7. The van der Waals surface area contributed by atoms with E-state index in [4.69, 9.17) is 29.8 Å². The maximum Gasteiger partial charge on any atom is 0.264 e. The predicted molar refractivity (Wildman–Crippen MR) is 143 cm³/mol. The summed E-state index contributed by atoms with van der Waals surface area (Å²) in [5, 5.41) is 17.1. The molecule has 8 nitrogen and oxygen atoms in total. The lowest BCUT2D eigenvalue weighted by Gasteiger charge is -2.14. The molecule has 1 N–H and O–H groups in total. The fourth-order valence-electron chi connectivity index (χ4n) is 4.20. The van der Waals surface area contributed by atoms with Crippen LogP contribution in [0.3, 0.4) is 0 Å². The summed E-state index contributed by atoms with van der Waals surface area (Å²) in [6.07, 6.45) is 3.36. The summed E-state index contributed by atoms with van der Waals surface area (Å²) in [5.41, 5.74) is 3.70. The van der Waals surface area contributed by atoms with Crippen LogP contribution < -0.4 is 14.8 Å². The van der Waals surface area contributed by atoms with Crippen LogP contribution in [-0.4, -0.2) is 40.5 Å². The van der Waals surface area contributed by atoms with Gasteiger partial charge in [0.15, 0.2) is 11.5 Å². The van der Waals surface area contributed by atoms with Gasteiger partial charge in [-0.25, -0.2) is 19.6 Å². The molecule has 2 aromatic carbocycles. The molecule has 37 heavy (non-hydrogen) atoms. The second-order valence-electron chi connectivity index (χ2n) is 8.99. The van der Waals surface area contributed by atoms with Crippen molar-refractivity contribution >= 4 is 18.3 Å². The monoisotopic (exact) mass is 500 g/mol. The van der Waals surface area contributed by atoms with E-state index in [0.29, 0.717) is 53.1 Å². The summed E-state index contributed by atoms with van der Waals surface area (Å²) in [6.45, 7) is 4.32. The van der Waals surface area contributed by atoms with E-state index >= 15 is 0 Å². The van der Waals surface area contributed by atoms with Gasteiger partial charge >= 0.3 is 0 Å². The Balaban J connectivity index is 1.68. The Morgan fingerprint density at radius 2 is 1.95 bits per heavy atom. The van der Waals surface area contributed by atoms with E-state index in [1.807, 2.05) is 38.0 Å². The molecule has 0 fully saturated rings. The minimum absolute atomic E-state index is 0.0417. The van der Waals surface area contributed by atoms with Crippen molar-refractivity contribution in [3.8, 4) is 28.7 Å². The minimum atomic E-state index is -0.329. The second kappa shape index (κ2) is 11.7. The Bertz CT molecular complexity index is 1430. The maximum atomic E-state index is 14.1. The van der Waals surface area contributed by atoms with Crippen LogP contribution in [0.25, 0.3) is 16.9 Å². The maximum absolute atomic E-state index is 14.1. The molecule has 0 radical (unpaired) electrons. The van der Waals surface area contributed by atoms with Crippen molar-refractivity contribution in [1.29, 1.82) is 5.26 Å². The summed E-state index contributed by atoms with van der Waals surface area (Å²) >= 11 is 0. The van der Waals surface area contributed by atoms with Gasteiger partial charge in [0.05, 0.1) is 19.9 Å². The average molecular weight is 500 g/mol. The van der Waals surface area contributed by atoms with Crippen molar-refractivity contribution in [3.05, 3.63) is 65.2 Å². The molecule has 2 heterocycles. The van der Waals surface area contributed by atoms with E-state index in [0.717, 1.165) is 30.3 Å². The van der Waals surface area contributed by atoms with Crippen molar-refractivity contribution in [3.63, 3.8) is 0 Å². The number of rotatable bonds is 11. The van der Waals surface area contributed by atoms with E-state index in [1.165, 1.54) is 12.1 Å². The van der Waals surface area contributed by atoms with E-state index in [2.05, 4.69) is 11.3 Å². The van der Waals surface area contributed by atoms with Crippen LogP contribution in [-0.2, 0) is 13.0 Å². The van der Waals surface area contributed by atoms with Gasteiger partial charge in [0.25, 0.3) is 6.71 Å². The van der Waals surface area contributed by atoms with Crippen molar-refractivity contribution in [1.82, 2.24) is 19.6 Å². The molecule has 0 bridgehead atoms. The SMILES string of the molecule is COc1ccc(CNc2nc(-c3cccc(F)c3)c(C)c3nc(CCCCB(C)C#N)nn23)c(OC)c1. The second-order valence-corrected chi connectivity index (χ2v) is 8.99. The number of methoxy groups -OCH3 is 2. The fourth-order valence-corrected chi connectivity index (χ4v) is 4.20. The van der Waals surface area contributed by atoms with E-state index in [1.54, 1.807) is 24.8 Å². The third kappa shape index (κ3) is 6.00. The number of unbranched alkanes of at least 4 members (excludes halogenated alkanes) is 1. The van der Waals surface area contributed by atoms with Crippen LogP contribution in [0.15, 0.2) is 42.5 Å². The van der Waals surface area contributed by atoms with Gasteiger partial charge in [-0.1, -0.05) is 31.7 Å². The molecule has 0 aliphatic rings. The third-order valence-corrected chi connectivity index (χ3v) is 6.30. The number of hydrogen-bond donors (Lipinski definition) is 1. The molecule has 0 amide bonds. The highest BCUT2D eigenvalue weighted by Crippen LogP contribution is 2.29. The molecule has 2 aromatic heterocycles. The largest absolute Gasteiger partial charge is 0.497 e. The highest BCUT2D eigenvalue weighted by molar-refractivity contribution is 6.65. The van der Waals surface area contributed by atoms with Gasteiger partial charge in [0.1, 0.15) is 17.3 Å². The summed E-state index contributed by atoms with van der Waals surface area (Å²) in [4.78, 5) is 9.64. The Hall–Kier alpha value is -4.13. The molecule has 4 aromatic rings. The number of fused-ring (bicyclic) bond motifs is 1. The van der Waals surface area contributed by atoms with E-state index in [9.17, 15) is 4.39 Å². The summed E-state index contributed by atoms with van der Waals surface area (Å²) in [7, 11) is 3.23. The average Bonchev–Trinajstić information content (AvgIpc) is 3.35. The molecule has 0 spiro atoms. The Morgan fingerprint density at radius 1 is 1.11 bits per heavy atom. The molecule has 4 rings (SSSR count). The lowest BCUT2D eigenvalue weighted by Crippen LogP contribution is -2.10. The molecule has 0 aliphatic carbocycles. The Morgan fingerprint density at radius 3 is 2.68 bits per heavy atom. The lowest BCUT2D eigenvalue weighted by molar-refractivity contribution is 0.391. The standard InChI is InChI=1S/C27H30BFN6O2/c1-18-25(19-8-7-9-21(29)14-19)33-27(31-16-20-11-12-22(36-3)15-23(20)37-4)35-26(18)32-24(34-35)10-5-6-13-28(2)17-30/h7-9,11-12,14-15H,5-6,10,13,16H2,1-4H3,(H,31,33). The molecular formula is C27H30BFN6O2. The number of nitrogens with zero attached hydrogens (tertiary/aromatic N) is 5. The summed E-state index contributed by atoms with van der Waals surface area (Å²) < 4.78 is 26.6. The Labute approximate surface area is 216 Å². The molecule has 190 valence electrons. The molecule has 0 saturated heterocycles. The summed E-state index contributed by atoms with van der Waals surface area (Å²) in [6, 6.07) is 12.0. The fraction of sp³-hybridized carbons (Fsp3) is 0.333. The van der Waals surface area contributed by atoms with Gasteiger partial charge in [0, 0.05) is 41.7 Å². The molecule has 10 heteroatoms. The highest BCUT2D eigenvalue weighted by atomic mass is 19.1. The van der Waals surface area contributed by atoms with E-state index in [-0.39, 0.29) is 12.5 Å². The first-order valence-electron chi connectivity index (χ1n) is 12.3. The number of nitrogens with one attached hydrogen (secondary N) is 1. The first-order valence-corrected chi connectivity index (χ1v) is 12.3. The van der Waals surface area contributed by atoms with Gasteiger partial charge in [-0.05, 0) is 37.6 Å². The zero-order valence-corrected chi connectivity index (χ0v) is 21.6. The highest BCUT2D eigenvalue weighted by Gasteiger charge is 2.18. The van der Waals surface area contributed by atoms with Gasteiger partial charge in [0.2, 0.25) is 5.95 Å². The van der Waals surface area contributed by atoms with Gasteiger partial charge in [-0.15, -0.1) is 5.10 Å². The molecule has 0 saturated carbocycles. The number of halogens is 1. The van der Waals surface area contributed by atoms with Crippen LogP contribution in [0, 0.1) is 24.0 Å².